The van der Waals surface area contributed by atoms with Gasteiger partial charge in [0.1, 0.15) is 0 Å². The fourth-order valence-electron chi connectivity index (χ4n) is 2.77. The van der Waals surface area contributed by atoms with Crippen LogP contribution < -0.4 is 10.6 Å². The number of anilines is 2. The van der Waals surface area contributed by atoms with Crippen LogP contribution in [-0.4, -0.2) is 41.3 Å². The maximum atomic E-state index is 12.3. The van der Waals surface area contributed by atoms with Crippen LogP contribution in [0.4, 0.5) is 10.8 Å². The van der Waals surface area contributed by atoms with Crippen LogP contribution in [0.15, 0.2) is 41.9 Å². The van der Waals surface area contributed by atoms with Gasteiger partial charge in [0, 0.05) is 23.2 Å². The van der Waals surface area contributed by atoms with Gasteiger partial charge in [0.05, 0.1) is 6.54 Å². The molecule has 0 spiro atoms. The van der Waals surface area contributed by atoms with E-state index >= 15 is 0 Å². The second kappa shape index (κ2) is 8.03. The quantitative estimate of drug-likeness (QED) is 0.874. The van der Waals surface area contributed by atoms with E-state index in [4.69, 9.17) is 0 Å². The van der Waals surface area contributed by atoms with Crippen molar-refractivity contribution in [3.8, 4) is 0 Å². The lowest BCUT2D eigenvalue weighted by atomic mass is 9.96. The lowest BCUT2D eigenvalue weighted by Gasteiger charge is -2.30. The summed E-state index contributed by atoms with van der Waals surface area (Å²) in [5.41, 5.74) is 0.827. The van der Waals surface area contributed by atoms with Crippen molar-refractivity contribution < 1.29 is 9.59 Å². The molecule has 0 radical (unpaired) electrons. The van der Waals surface area contributed by atoms with Gasteiger partial charge in [-0.3, -0.25) is 14.5 Å². The molecule has 1 aromatic carbocycles. The first kappa shape index (κ1) is 16.6. The molecule has 1 saturated heterocycles. The van der Waals surface area contributed by atoms with Gasteiger partial charge in [0.25, 0.3) is 0 Å². The van der Waals surface area contributed by atoms with Crippen LogP contribution in [0.1, 0.15) is 12.8 Å². The number of carbonyl (C=O) groups is 2. The predicted octanol–water partition coefficient (Wildman–Crippen LogP) is 2.43. The lowest BCUT2D eigenvalue weighted by Crippen LogP contribution is -2.41. The van der Waals surface area contributed by atoms with Gasteiger partial charge in [-0.05, 0) is 38.1 Å². The van der Waals surface area contributed by atoms with E-state index in [0.717, 1.165) is 31.6 Å². The lowest BCUT2D eigenvalue weighted by molar-refractivity contribution is -0.121. The van der Waals surface area contributed by atoms with Gasteiger partial charge in [-0.2, -0.15) is 0 Å². The normalized spacial score (nSPS) is 15.8. The Balaban J connectivity index is 1.42. The van der Waals surface area contributed by atoms with Crippen molar-refractivity contribution in [2.75, 3.05) is 30.3 Å². The molecule has 0 unspecified atom stereocenters. The monoisotopic (exact) mass is 344 g/mol. The van der Waals surface area contributed by atoms with E-state index < -0.39 is 0 Å². The largest absolute Gasteiger partial charge is 0.326 e. The van der Waals surface area contributed by atoms with Gasteiger partial charge < -0.3 is 10.6 Å². The Morgan fingerprint density at radius 1 is 1.17 bits per heavy atom. The molecule has 2 aromatic rings. The van der Waals surface area contributed by atoms with Crippen molar-refractivity contribution in [3.05, 3.63) is 41.9 Å². The van der Waals surface area contributed by atoms with Crippen molar-refractivity contribution in [3.63, 3.8) is 0 Å². The Hall–Kier alpha value is -2.25. The first-order valence-corrected chi connectivity index (χ1v) is 8.86. The Morgan fingerprint density at radius 2 is 1.92 bits per heavy atom. The third-order valence-corrected chi connectivity index (χ3v) is 4.73. The minimum atomic E-state index is -0.0582. The number of rotatable bonds is 5. The van der Waals surface area contributed by atoms with Crippen molar-refractivity contribution in [2.45, 2.75) is 12.8 Å². The maximum absolute atomic E-state index is 12.3. The number of aromatic nitrogens is 1. The van der Waals surface area contributed by atoms with Gasteiger partial charge in [0.2, 0.25) is 11.8 Å². The van der Waals surface area contributed by atoms with Crippen LogP contribution >= 0.6 is 11.3 Å². The van der Waals surface area contributed by atoms with Crippen molar-refractivity contribution in [1.82, 2.24) is 9.88 Å². The van der Waals surface area contributed by atoms with Crippen molar-refractivity contribution in [1.29, 1.82) is 0 Å². The number of para-hydroxylation sites is 1. The first-order valence-electron chi connectivity index (χ1n) is 7.98. The fraction of sp³-hybridized carbons (Fsp3) is 0.353. The number of hydrogen-bond donors (Lipinski definition) is 2. The topological polar surface area (TPSA) is 74.3 Å². The van der Waals surface area contributed by atoms with E-state index in [1.807, 2.05) is 35.7 Å². The zero-order valence-corrected chi connectivity index (χ0v) is 14.1. The standard InChI is InChI=1S/C17H20N4O2S/c22-15(20-17-18-8-11-24-17)12-21-9-6-13(7-10-21)16(23)19-14-4-2-1-3-5-14/h1-5,8,11,13H,6-7,9-10,12H2,(H,19,23)(H,18,20,22). The highest BCUT2D eigenvalue weighted by molar-refractivity contribution is 7.13. The second-order valence-electron chi connectivity index (χ2n) is 5.79. The molecule has 0 bridgehead atoms. The van der Waals surface area contributed by atoms with Crippen LogP contribution in [0.2, 0.25) is 0 Å². The number of hydrogen-bond acceptors (Lipinski definition) is 5. The number of benzene rings is 1. The van der Waals surface area contributed by atoms with Crippen LogP contribution in [0, 0.1) is 5.92 Å². The third-order valence-electron chi connectivity index (χ3n) is 4.05. The number of piperidine rings is 1. The number of thiazole rings is 1. The van der Waals surface area contributed by atoms with Crippen LogP contribution in [0.5, 0.6) is 0 Å². The molecular weight excluding hydrogens is 324 g/mol. The minimum Gasteiger partial charge on any atom is -0.326 e. The molecule has 0 aliphatic carbocycles. The Kier molecular flexibility index (Phi) is 5.55. The number of amides is 2. The van der Waals surface area contributed by atoms with Crippen molar-refractivity contribution in [2.24, 2.45) is 5.92 Å². The molecule has 1 aliphatic rings. The molecule has 2 N–H and O–H groups in total. The number of nitrogens with zero attached hydrogens (tertiary/aromatic N) is 2. The van der Waals surface area contributed by atoms with Gasteiger partial charge >= 0.3 is 0 Å². The summed E-state index contributed by atoms with van der Waals surface area (Å²) in [6.07, 6.45) is 3.20. The molecule has 1 fully saturated rings. The SMILES string of the molecule is O=C(CN1CCC(C(=O)Nc2ccccc2)CC1)Nc1nccs1. The molecule has 6 nitrogen and oxygen atoms in total. The highest BCUT2D eigenvalue weighted by Gasteiger charge is 2.26. The second-order valence-corrected chi connectivity index (χ2v) is 6.69. The van der Waals surface area contributed by atoms with E-state index in [2.05, 4.69) is 20.5 Å². The minimum absolute atomic E-state index is 0.00322. The molecule has 1 aliphatic heterocycles. The Labute approximate surface area is 144 Å². The molecule has 126 valence electrons. The van der Waals surface area contributed by atoms with Gasteiger partial charge in [0.15, 0.2) is 5.13 Å². The summed E-state index contributed by atoms with van der Waals surface area (Å²) in [6, 6.07) is 9.50. The number of nitrogens with one attached hydrogen (secondary N) is 2. The third kappa shape index (κ3) is 4.62. The smallest absolute Gasteiger partial charge is 0.240 e. The summed E-state index contributed by atoms with van der Waals surface area (Å²) in [5.74, 6) is 0.00806. The van der Waals surface area contributed by atoms with E-state index in [0.29, 0.717) is 11.7 Å². The summed E-state index contributed by atoms with van der Waals surface area (Å²) in [6.45, 7) is 1.84. The zero-order chi connectivity index (χ0) is 16.8. The van der Waals surface area contributed by atoms with E-state index in [-0.39, 0.29) is 17.7 Å². The van der Waals surface area contributed by atoms with Crippen LogP contribution in [0.3, 0.4) is 0 Å². The summed E-state index contributed by atoms with van der Waals surface area (Å²) in [5, 5.41) is 8.18. The number of carbonyl (C=O) groups excluding carboxylic acids is 2. The average molecular weight is 344 g/mol. The van der Waals surface area contributed by atoms with E-state index in [1.165, 1.54) is 11.3 Å². The van der Waals surface area contributed by atoms with Crippen molar-refractivity contribution >= 4 is 34.0 Å². The molecule has 0 saturated carbocycles. The zero-order valence-electron chi connectivity index (χ0n) is 13.3. The molecule has 0 atom stereocenters. The summed E-state index contributed by atoms with van der Waals surface area (Å²) < 4.78 is 0. The Bertz CT molecular complexity index is 667. The van der Waals surface area contributed by atoms with Crippen LogP contribution in [-0.2, 0) is 9.59 Å². The van der Waals surface area contributed by atoms with E-state index in [9.17, 15) is 9.59 Å². The molecule has 2 amide bonds. The molecule has 24 heavy (non-hydrogen) atoms. The number of likely N-dealkylation sites (tertiary alicyclic amines) is 1. The average Bonchev–Trinajstić information content (AvgIpc) is 3.09. The fourth-order valence-corrected chi connectivity index (χ4v) is 3.31. The first-order chi connectivity index (χ1) is 11.7. The van der Waals surface area contributed by atoms with Gasteiger partial charge in [-0.15, -0.1) is 11.3 Å². The molecular formula is C17H20N4O2S. The Morgan fingerprint density at radius 3 is 2.58 bits per heavy atom. The molecule has 3 rings (SSSR count). The summed E-state index contributed by atoms with van der Waals surface area (Å²) in [7, 11) is 0. The highest BCUT2D eigenvalue weighted by Crippen LogP contribution is 2.19. The predicted molar refractivity (Wildman–Crippen MR) is 95.0 cm³/mol. The van der Waals surface area contributed by atoms with Gasteiger partial charge in [-0.1, -0.05) is 18.2 Å². The molecule has 7 heteroatoms. The molecule has 1 aromatic heterocycles. The van der Waals surface area contributed by atoms with E-state index in [1.54, 1.807) is 6.20 Å². The van der Waals surface area contributed by atoms with Crippen LogP contribution in [0.25, 0.3) is 0 Å². The molecule has 2 heterocycles. The van der Waals surface area contributed by atoms with Gasteiger partial charge in [-0.25, -0.2) is 4.98 Å². The summed E-state index contributed by atoms with van der Waals surface area (Å²) in [4.78, 5) is 30.4. The summed E-state index contributed by atoms with van der Waals surface area (Å²) >= 11 is 1.40. The highest BCUT2D eigenvalue weighted by atomic mass is 32.1. The maximum Gasteiger partial charge on any atom is 0.240 e.